The van der Waals surface area contributed by atoms with E-state index in [4.69, 9.17) is 36.8 Å². The number of benzene rings is 2. The number of amides is 1. The second-order valence-corrected chi connectivity index (χ2v) is 6.39. The smallest absolute Gasteiger partial charge is 0.322 e. The Hall–Kier alpha value is -3.03. The van der Waals surface area contributed by atoms with E-state index in [9.17, 15) is 4.79 Å². The molecule has 0 atom stereocenters. The van der Waals surface area contributed by atoms with Gasteiger partial charge in [0.25, 0.3) is 5.91 Å². The van der Waals surface area contributed by atoms with Crippen molar-refractivity contribution in [3.63, 3.8) is 0 Å². The highest BCUT2D eigenvalue weighted by atomic mass is 35.5. The van der Waals surface area contributed by atoms with Crippen LogP contribution in [0.5, 0.6) is 5.75 Å². The van der Waals surface area contributed by atoms with E-state index < -0.39 is 5.91 Å². The first-order chi connectivity index (χ1) is 13.0. The van der Waals surface area contributed by atoms with Crippen molar-refractivity contribution in [2.45, 2.75) is 0 Å². The quantitative estimate of drug-likeness (QED) is 0.512. The monoisotopic (exact) mass is 403 g/mol. The number of para-hydroxylation sites is 1. The summed E-state index contributed by atoms with van der Waals surface area (Å²) >= 11 is 11.9. The molecule has 2 heterocycles. The van der Waals surface area contributed by atoms with Crippen molar-refractivity contribution >= 4 is 46.1 Å². The molecule has 0 spiro atoms. The second-order valence-electron chi connectivity index (χ2n) is 5.51. The van der Waals surface area contributed by atoms with Crippen LogP contribution < -0.4 is 10.1 Å². The molecular weight excluding hydrogens is 393 g/mol. The van der Waals surface area contributed by atoms with Crippen LogP contribution in [0.1, 0.15) is 10.6 Å². The highest BCUT2D eigenvalue weighted by molar-refractivity contribution is 6.35. The Morgan fingerprint density at radius 3 is 2.59 bits per heavy atom. The number of hydrogen-bond acceptors (Lipinski definition) is 6. The van der Waals surface area contributed by atoms with Crippen molar-refractivity contribution in [2.24, 2.45) is 0 Å². The lowest BCUT2D eigenvalue weighted by atomic mass is 10.2. The fraction of sp³-hybridized carbons (Fsp3) is 0.0556. The fourth-order valence-electron chi connectivity index (χ4n) is 2.54. The van der Waals surface area contributed by atoms with Crippen molar-refractivity contribution in [1.29, 1.82) is 0 Å². The average Bonchev–Trinajstić information content (AvgIpc) is 3.27. The predicted octanol–water partition coefficient (Wildman–Crippen LogP) is 5.05. The molecule has 1 amide bonds. The van der Waals surface area contributed by atoms with Crippen LogP contribution in [0.25, 0.3) is 22.4 Å². The van der Waals surface area contributed by atoms with Gasteiger partial charge in [-0.2, -0.15) is 0 Å². The Balaban J connectivity index is 1.58. The van der Waals surface area contributed by atoms with Gasteiger partial charge < -0.3 is 13.6 Å². The highest BCUT2D eigenvalue weighted by Crippen LogP contribution is 2.30. The van der Waals surface area contributed by atoms with E-state index in [0.29, 0.717) is 26.9 Å². The SMILES string of the molecule is COc1cccc2cc(C(=O)Nc3nnc(-c4cc(Cl)cc(Cl)c4)o3)oc12. The zero-order chi connectivity index (χ0) is 19.0. The van der Waals surface area contributed by atoms with Crippen LogP contribution in [-0.4, -0.2) is 23.2 Å². The summed E-state index contributed by atoms with van der Waals surface area (Å²) in [6, 6.07) is 11.7. The molecule has 136 valence electrons. The minimum atomic E-state index is -0.535. The van der Waals surface area contributed by atoms with Gasteiger partial charge in [0.05, 0.1) is 7.11 Å². The number of carbonyl (C=O) groups excluding carboxylic acids is 1. The number of fused-ring (bicyclic) bond motifs is 1. The minimum absolute atomic E-state index is 0.0834. The molecule has 9 heteroatoms. The summed E-state index contributed by atoms with van der Waals surface area (Å²) in [4.78, 5) is 12.4. The zero-order valence-corrected chi connectivity index (χ0v) is 15.3. The molecule has 0 fully saturated rings. The van der Waals surface area contributed by atoms with E-state index in [1.54, 1.807) is 36.4 Å². The van der Waals surface area contributed by atoms with Crippen LogP contribution >= 0.6 is 23.2 Å². The van der Waals surface area contributed by atoms with E-state index in [-0.39, 0.29) is 17.7 Å². The fourth-order valence-corrected chi connectivity index (χ4v) is 3.06. The molecule has 0 radical (unpaired) electrons. The molecule has 4 rings (SSSR count). The number of aromatic nitrogens is 2. The molecule has 0 bridgehead atoms. The van der Waals surface area contributed by atoms with Gasteiger partial charge >= 0.3 is 6.01 Å². The Bertz CT molecular complexity index is 1130. The van der Waals surface area contributed by atoms with E-state index in [1.807, 2.05) is 6.07 Å². The number of anilines is 1. The number of furan rings is 1. The lowest BCUT2D eigenvalue weighted by Gasteiger charge is -1.99. The highest BCUT2D eigenvalue weighted by Gasteiger charge is 2.18. The first-order valence-corrected chi connectivity index (χ1v) is 8.47. The predicted molar refractivity (Wildman–Crippen MR) is 100 cm³/mol. The number of ether oxygens (including phenoxy) is 1. The van der Waals surface area contributed by atoms with Gasteiger partial charge in [0, 0.05) is 21.0 Å². The summed E-state index contributed by atoms with van der Waals surface area (Å²) in [5.74, 6) is 0.248. The lowest BCUT2D eigenvalue weighted by molar-refractivity contribution is 0.0995. The van der Waals surface area contributed by atoms with Gasteiger partial charge in [0.1, 0.15) is 0 Å². The second kappa shape index (κ2) is 6.94. The van der Waals surface area contributed by atoms with Gasteiger partial charge in [-0.1, -0.05) is 40.4 Å². The van der Waals surface area contributed by atoms with Crippen molar-refractivity contribution in [2.75, 3.05) is 12.4 Å². The number of rotatable bonds is 4. The maximum Gasteiger partial charge on any atom is 0.322 e. The number of halogens is 2. The molecule has 7 nitrogen and oxygen atoms in total. The largest absolute Gasteiger partial charge is 0.493 e. The first kappa shape index (κ1) is 17.4. The third-order valence-corrected chi connectivity index (χ3v) is 4.14. The van der Waals surface area contributed by atoms with Crippen LogP contribution in [0, 0.1) is 0 Å². The van der Waals surface area contributed by atoms with Crippen LogP contribution in [0.2, 0.25) is 10.0 Å². The van der Waals surface area contributed by atoms with Crippen molar-refractivity contribution in [3.05, 3.63) is 58.3 Å². The Morgan fingerprint density at radius 1 is 1.07 bits per heavy atom. The zero-order valence-electron chi connectivity index (χ0n) is 13.8. The molecule has 0 saturated carbocycles. The number of nitrogens with one attached hydrogen (secondary N) is 1. The van der Waals surface area contributed by atoms with Crippen molar-refractivity contribution in [3.8, 4) is 17.2 Å². The molecule has 27 heavy (non-hydrogen) atoms. The molecule has 0 aliphatic rings. The van der Waals surface area contributed by atoms with Gasteiger partial charge in [0.15, 0.2) is 17.1 Å². The van der Waals surface area contributed by atoms with E-state index in [1.165, 1.54) is 7.11 Å². The lowest BCUT2D eigenvalue weighted by Crippen LogP contribution is -2.10. The molecule has 0 aliphatic heterocycles. The summed E-state index contributed by atoms with van der Waals surface area (Å²) in [5, 5.41) is 11.8. The van der Waals surface area contributed by atoms with Crippen LogP contribution in [0.3, 0.4) is 0 Å². The van der Waals surface area contributed by atoms with Crippen molar-refractivity contribution in [1.82, 2.24) is 10.2 Å². The van der Waals surface area contributed by atoms with E-state index in [0.717, 1.165) is 5.39 Å². The average molecular weight is 404 g/mol. The number of methoxy groups -OCH3 is 1. The molecule has 4 aromatic rings. The first-order valence-electron chi connectivity index (χ1n) is 7.71. The Kier molecular flexibility index (Phi) is 4.47. The van der Waals surface area contributed by atoms with Gasteiger partial charge in [0.2, 0.25) is 5.89 Å². The number of hydrogen-bond donors (Lipinski definition) is 1. The van der Waals surface area contributed by atoms with Crippen molar-refractivity contribution < 1.29 is 18.4 Å². The summed E-state index contributed by atoms with van der Waals surface area (Å²) < 4.78 is 16.3. The Morgan fingerprint density at radius 2 is 1.85 bits per heavy atom. The molecule has 0 unspecified atom stereocenters. The minimum Gasteiger partial charge on any atom is -0.493 e. The molecule has 2 aromatic heterocycles. The number of carbonyl (C=O) groups is 1. The van der Waals surface area contributed by atoms with Crippen LogP contribution in [0.4, 0.5) is 6.01 Å². The maximum absolute atomic E-state index is 12.4. The van der Waals surface area contributed by atoms with Gasteiger partial charge in [-0.3, -0.25) is 10.1 Å². The molecular formula is C18H11Cl2N3O4. The van der Waals surface area contributed by atoms with Crippen LogP contribution in [0.15, 0.2) is 51.3 Å². The van der Waals surface area contributed by atoms with Gasteiger partial charge in [-0.05, 0) is 30.3 Å². The van der Waals surface area contributed by atoms with E-state index >= 15 is 0 Å². The van der Waals surface area contributed by atoms with Gasteiger partial charge in [-0.15, -0.1) is 5.10 Å². The van der Waals surface area contributed by atoms with Crippen LogP contribution in [-0.2, 0) is 0 Å². The summed E-state index contributed by atoms with van der Waals surface area (Å²) in [7, 11) is 1.53. The van der Waals surface area contributed by atoms with E-state index in [2.05, 4.69) is 15.5 Å². The Labute approximate surface area is 162 Å². The summed E-state index contributed by atoms with van der Waals surface area (Å²) in [5.41, 5.74) is 1.01. The normalized spacial score (nSPS) is 10.9. The third-order valence-electron chi connectivity index (χ3n) is 3.71. The summed E-state index contributed by atoms with van der Waals surface area (Å²) in [6.45, 7) is 0. The standard InChI is InChI=1S/C18H11Cl2N3O4/c1-25-13-4-2-3-9-7-14(26-15(9)13)16(24)21-18-23-22-17(27-18)10-5-11(19)8-12(20)6-10/h2-8H,1H3,(H,21,23,24). The molecule has 0 aliphatic carbocycles. The molecule has 0 saturated heterocycles. The topological polar surface area (TPSA) is 90.4 Å². The maximum atomic E-state index is 12.4. The summed E-state index contributed by atoms with van der Waals surface area (Å²) in [6.07, 6.45) is 0. The molecule has 2 aromatic carbocycles. The molecule has 1 N–H and O–H groups in total. The van der Waals surface area contributed by atoms with Gasteiger partial charge in [-0.25, -0.2) is 0 Å². The third kappa shape index (κ3) is 3.47. The number of nitrogens with zero attached hydrogens (tertiary/aromatic N) is 2.